The van der Waals surface area contributed by atoms with Crippen LogP contribution in [0.5, 0.6) is 0 Å². The molecule has 0 aliphatic heterocycles. The van der Waals surface area contributed by atoms with Crippen molar-refractivity contribution in [1.29, 1.82) is 0 Å². The first-order valence-corrected chi connectivity index (χ1v) is 6.33. The zero-order valence-corrected chi connectivity index (χ0v) is 11.9. The molecule has 100 valence electrons. The van der Waals surface area contributed by atoms with Gasteiger partial charge in [0.05, 0.1) is 12.0 Å². The maximum absolute atomic E-state index is 11.9. The summed E-state index contributed by atoms with van der Waals surface area (Å²) >= 11 is 5.71. The van der Waals surface area contributed by atoms with Crippen LogP contribution < -0.4 is 5.32 Å². The molecule has 5 heteroatoms. The Morgan fingerprint density at radius 2 is 1.88 bits per heavy atom. The summed E-state index contributed by atoms with van der Waals surface area (Å²) in [4.78, 5) is 23.6. The van der Waals surface area contributed by atoms with Crippen LogP contribution in [0.25, 0.3) is 0 Å². The van der Waals surface area contributed by atoms with E-state index in [1.54, 1.807) is 20.8 Å². The van der Waals surface area contributed by atoms with E-state index in [-0.39, 0.29) is 17.7 Å². The lowest BCUT2D eigenvalue weighted by Crippen LogP contribution is -2.50. The number of carbonyl (C=O) groups excluding carboxylic acids is 2. The van der Waals surface area contributed by atoms with Gasteiger partial charge in [0.1, 0.15) is 6.04 Å². The molecule has 0 rings (SSSR count). The van der Waals surface area contributed by atoms with Gasteiger partial charge in [0.2, 0.25) is 5.91 Å². The van der Waals surface area contributed by atoms with Crippen molar-refractivity contribution in [2.45, 2.75) is 40.7 Å². The summed E-state index contributed by atoms with van der Waals surface area (Å²) in [5, 5.41) is 2.69. The minimum Gasteiger partial charge on any atom is -0.464 e. The van der Waals surface area contributed by atoms with Crippen LogP contribution in [-0.4, -0.2) is 30.4 Å². The fraction of sp³-hybridized carbons (Fsp3) is 0.833. The standard InChI is InChI=1S/C12H22ClNO3/c1-6-17-10(15)9(8(2)3)14-11(16)12(4,5)7-13/h8-9H,6-7H2,1-5H3,(H,14,16). The molecule has 0 heterocycles. The maximum Gasteiger partial charge on any atom is 0.328 e. The smallest absolute Gasteiger partial charge is 0.328 e. The van der Waals surface area contributed by atoms with E-state index in [0.29, 0.717) is 6.61 Å². The van der Waals surface area contributed by atoms with Gasteiger partial charge >= 0.3 is 5.97 Å². The molecule has 0 bridgehead atoms. The van der Waals surface area contributed by atoms with Gasteiger partial charge in [-0.25, -0.2) is 4.79 Å². The SMILES string of the molecule is CCOC(=O)C(NC(=O)C(C)(C)CCl)C(C)C. The average molecular weight is 264 g/mol. The molecule has 1 atom stereocenters. The highest BCUT2D eigenvalue weighted by Gasteiger charge is 2.32. The molecule has 0 aliphatic carbocycles. The molecule has 0 saturated carbocycles. The van der Waals surface area contributed by atoms with Crippen molar-refractivity contribution in [1.82, 2.24) is 5.32 Å². The van der Waals surface area contributed by atoms with Crippen LogP contribution in [0.1, 0.15) is 34.6 Å². The zero-order valence-electron chi connectivity index (χ0n) is 11.2. The van der Waals surface area contributed by atoms with Crippen LogP contribution in [0.2, 0.25) is 0 Å². The number of ether oxygens (including phenoxy) is 1. The molecule has 1 amide bonds. The fourth-order valence-corrected chi connectivity index (χ4v) is 1.25. The minimum atomic E-state index is -0.693. The van der Waals surface area contributed by atoms with Crippen molar-refractivity contribution in [2.75, 3.05) is 12.5 Å². The summed E-state index contributed by atoms with van der Waals surface area (Å²) in [5.41, 5.74) is -0.693. The van der Waals surface area contributed by atoms with Crippen LogP contribution in [0.15, 0.2) is 0 Å². The van der Waals surface area contributed by atoms with E-state index in [1.165, 1.54) is 0 Å². The Hall–Kier alpha value is -0.770. The number of halogens is 1. The second-order valence-electron chi connectivity index (χ2n) is 4.96. The van der Waals surface area contributed by atoms with Gasteiger partial charge in [-0.3, -0.25) is 4.79 Å². The first kappa shape index (κ1) is 16.2. The number of esters is 1. The first-order valence-electron chi connectivity index (χ1n) is 5.79. The van der Waals surface area contributed by atoms with Crippen LogP contribution >= 0.6 is 11.6 Å². The van der Waals surface area contributed by atoms with E-state index in [1.807, 2.05) is 13.8 Å². The second kappa shape index (κ2) is 6.84. The molecular weight excluding hydrogens is 242 g/mol. The largest absolute Gasteiger partial charge is 0.464 e. The van der Waals surface area contributed by atoms with Crippen LogP contribution in [0.4, 0.5) is 0 Å². The van der Waals surface area contributed by atoms with Crippen LogP contribution in [-0.2, 0) is 14.3 Å². The first-order chi connectivity index (χ1) is 7.76. The Bertz CT molecular complexity index is 277. The number of nitrogens with one attached hydrogen (secondary N) is 1. The second-order valence-corrected chi connectivity index (χ2v) is 5.23. The Labute approximate surface area is 108 Å². The number of amides is 1. The number of hydrogen-bond acceptors (Lipinski definition) is 3. The molecule has 0 aromatic rings. The third-order valence-corrected chi connectivity index (χ3v) is 3.11. The molecule has 0 spiro atoms. The minimum absolute atomic E-state index is 0.0240. The van der Waals surface area contributed by atoms with Crippen molar-refractivity contribution >= 4 is 23.5 Å². The van der Waals surface area contributed by atoms with Crippen LogP contribution in [0, 0.1) is 11.3 Å². The van der Waals surface area contributed by atoms with Gasteiger partial charge in [-0.1, -0.05) is 13.8 Å². The predicted molar refractivity (Wildman–Crippen MR) is 67.9 cm³/mol. The van der Waals surface area contributed by atoms with E-state index in [4.69, 9.17) is 16.3 Å². The van der Waals surface area contributed by atoms with Gasteiger partial charge in [-0.15, -0.1) is 11.6 Å². The third-order valence-electron chi connectivity index (χ3n) is 2.44. The Morgan fingerprint density at radius 3 is 2.24 bits per heavy atom. The van der Waals surface area contributed by atoms with Crippen molar-refractivity contribution in [3.8, 4) is 0 Å². The van der Waals surface area contributed by atoms with Crippen molar-refractivity contribution < 1.29 is 14.3 Å². The van der Waals surface area contributed by atoms with Gasteiger partial charge in [0, 0.05) is 5.88 Å². The zero-order chi connectivity index (χ0) is 13.6. The molecule has 0 aromatic carbocycles. The molecule has 0 aliphatic rings. The topological polar surface area (TPSA) is 55.4 Å². The summed E-state index contributed by atoms with van der Waals surface area (Å²) in [6.45, 7) is 9.22. The fourth-order valence-electron chi connectivity index (χ4n) is 1.13. The molecule has 0 saturated heterocycles. The normalized spacial score (nSPS) is 13.4. The lowest BCUT2D eigenvalue weighted by molar-refractivity contribution is -0.149. The van der Waals surface area contributed by atoms with Crippen molar-refractivity contribution in [3.05, 3.63) is 0 Å². The molecule has 1 N–H and O–H groups in total. The predicted octanol–water partition coefficient (Wildman–Crippen LogP) is 1.96. The lowest BCUT2D eigenvalue weighted by atomic mass is 9.93. The van der Waals surface area contributed by atoms with E-state index < -0.39 is 17.4 Å². The van der Waals surface area contributed by atoms with Gasteiger partial charge in [-0.2, -0.15) is 0 Å². The molecular formula is C12H22ClNO3. The monoisotopic (exact) mass is 263 g/mol. The Kier molecular flexibility index (Phi) is 6.53. The number of hydrogen-bond donors (Lipinski definition) is 1. The van der Waals surface area contributed by atoms with Crippen molar-refractivity contribution in [3.63, 3.8) is 0 Å². The van der Waals surface area contributed by atoms with Crippen LogP contribution in [0.3, 0.4) is 0 Å². The Morgan fingerprint density at radius 1 is 1.35 bits per heavy atom. The van der Waals surface area contributed by atoms with E-state index in [0.717, 1.165) is 0 Å². The number of carbonyl (C=O) groups is 2. The third kappa shape index (κ3) is 4.94. The highest BCUT2D eigenvalue weighted by atomic mass is 35.5. The van der Waals surface area contributed by atoms with E-state index in [2.05, 4.69) is 5.32 Å². The molecule has 0 fully saturated rings. The summed E-state index contributed by atoms with van der Waals surface area (Å²) in [7, 11) is 0. The summed E-state index contributed by atoms with van der Waals surface area (Å²) in [6, 6.07) is -0.620. The van der Waals surface area contributed by atoms with Gasteiger partial charge in [-0.05, 0) is 26.7 Å². The molecule has 17 heavy (non-hydrogen) atoms. The van der Waals surface area contributed by atoms with Gasteiger partial charge < -0.3 is 10.1 Å². The maximum atomic E-state index is 11.9. The van der Waals surface area contributed by atoms with E-state index >= 15 is 0 Å². The summed E-state index contributed by atoms with van der Waals surface area (Å²) in [6.07, 6.45) is 0. The quantitative estimate of drug-likeness (QED) is 0.589. The molecule has 4 nitrogen and oxygen atoms in total. The molecule has 0 aromatic heterocycles. The number of alkyl halides is 1. The Balaban J connectivity index is 4.67. The highest BCUT2D eigenvalue weighted by molar-refractivity contribution is 6.19. The average Bonchev–Trinajstić information content (AvgIpc) is 2.25. The lowest BCUT2D eigenvalue weighted by Gasteiger charge is -2.26. The summed E-state index contributed by atoms with van der Waals surface area (Å²) in [5.74, 6) is -0.462. The van der Waals surface area contributed by atoms with E-state index in [9.17, 15) is 9.59 Å². The molecule has 1 unspecified atom stereocenters. The van der Waals surface area contributed by atoms with Gasteiger partial charge in [0.15, 0.2) is 0 Å². The molecule has 0 radical (unpaired) electrons. The number of rotatable bonds is 6. The highest BCUT2D eigenvalue weighted by Crippen LogP contribution is 2.18. The van der Waals surface area contributed by atoms with Crippen molar-refractivity contribution in [2.24, 2.45) is 11.3 Å². The summed E-state index contributed by atoms with van der Waals surface area (Å²) < 4.78 is 4.93. The van der Waals surface area contributed by atoms with Gasteiger partial charge in [0.25, 0.3) is 0 Å².